The summed E-state index contributed by atoms with van der Waals surface area (Å²) in [6.45, 7) is 8.42. The minimum absolute atomic E-state index is 0.134. The van der Waals surface area contributed by atoms with Crippen LogP contribution < -0.4 is 10.1 Å². The van der Waals surface area contributed by atoms with Crippen LogP contribution in [0.2, 0.25) is 0 Å². The summed E-state index contributed by atoms with van der Waals surface area (Å²) >= 11 is 0. The molecule has 1 aromatic rings. The molecule has 0 aliphatic rings. The van der Waals surface area contributed by atoms with Crippen LogP contribution in [-0.4, -0.2) is 22.1 Å². The molecule has 0 spiro atoms. The van der Waals surface area contributed by atoms with Gasteiger partial charge in [0.15, 0.2) is 0 Å². The van der Waals surface area contributed by atoms with Crippen molar-refractivity contribution in [2.24, 2.45) is 0 Å². The Morgan fingerprint density at radius 3 is 2.63 bits per heavy atom. The number of unbranched alkanes of at least 4 members (excludes halogenated alkanes) is 1. The molecule has 1 aromatic heterocycles. The molecule has 4 nitrogen and oxygen atoms in total. The predicted molar refractivity (Wildman–Crippen MR) is 79.6 cm³/mol. The summed E-state index contributed by atoms with van der Waals surface area (Å²) in [7, 11) is 0. The van der Waals surface area contributed by atoms with Crippen molar-refractivity contribution in [3.8, 4) is 5.88 Å². The van der Waals surface area contributed by atoms with Crippen molar-refractivity contribution in [1.82, 2.24) is 9.97 Å². The van der Waals surface area contributed by atoms with Gasteiger partial charge in [0.2, 0.25) is 11.8 Å². The van der Waals surface area contributed by atoms with E-state index < -0.39 is 0 Å². The van der Waals surface area contributed by atoms with E-state index in [-0.39, 0.29) is 6.10 Å². The second-order valence-corrected chi connectivity index (χ2v) is 5.16. The molecule has 108 valence electrons. The van der Waals surface area contributed by atoms with E-state index in [1.54, 1.807) is 12.3 Å². The smallest absolute Gasteiger partial charge is 0.226 e. The average Bonchev–Trinajstić information content (AvgIpc) is 2.36. The lowest BCUT2D eigenvalue weighted by Gasteiger charge is -2.18. The van der Waals surface area contributed by atoms with Gasteiger partial charge in [-0.1, -0.05) is 33.1 Å². The van der Waals surface area contributed by atoms with Crippen molar-refractivity contribution >= 4 is 5.95 Å². The van der Waals surface area contributed by atoms with E-state index in [0.29, 0.717) is 17.9 Å². The fourth-order valence-corrected chi connectivity index (χ4v) is 1.99. The predicted octanol–water partition coefficient (Wildman–Crippen LogP) is 4.03. The highest BCUT2D eigenvalue weighted by atomic mass is 16.5. The molecule has 19 heavy (non-hydrogen) atoms. The van der Waals surface area contributed by atoms with Gasteiger partial charge in [-0.3, -0.25) is 0 Å². The van der Waals surface area contributed by atoms with Crippen LogP contribution in [0.15, 0.2) is 12.3 Å². The van der Waals surface area contributed by atoms with Gasteiger partial charge in [-0.2, -0.15) is 4.98 Å². The van der Waals surface area contributed by atoms with Crippen LogP contribution in [0.25, 0.3) is 0 Å². The molecule has 1 N–H and O–H groups in total. The van der Waals surface area contributed by atoms with Crippen LogP contribution in [-0.2, 0) is 0 Å². The second kappa shape index (κ2) is 8.73. The molecule has 0 aromatic carbocycles. The summed E-state index contributed by atoms with van der Waals surface area (Å²) in [6.07, 6.45) is 7.83. The van der Waals surface area contributed by atoms with Gasteiger partial charge in [0.1, 0.15) is 0 Å². The number of aromatic nitrogens is 2. The van der Waals surface area contributed by atoms with Crippen LogP contribution in [0, 0.1) is 0 Å². The zero-order chi connectivity index (χ0) is 14.1. The Hall–Kier alpha value is -1.32. The second-order valence-electron chi connectivity index (χ2n) is 5.16. The largest absolute Gasteiger partial charge is 0.475 e. The van der Waals surface area contributed by atoms with Gasteiger partial charge in [-0.15, -0.1) is 0 Å². The molecule has 1 rings (SSSR count). The average molecular weight is 265 g/mol. The third-order valence-electron chi connectivity index (χ3n) is 2.86. The molecule has 0 fully saturated rings. The Balaban J connectivity index is 2.61. The quantitative estimate of drug-likeness (QED) is 0.732. The highest BCUT2D eigenvalue weighted by Gasteiger charge is 2.09. The van der Waals surface area contributed by atoms with E-state index in [9.17, 15) is 0 Å². The van der Waals surface area contributed by atoms with Crippen LogP contribution in [0.4, 0.5) is 5.95 Å². The summed E-state index contributed by atoms with van der Waals surface area (Å²) in [6, 6.07) is 2.26. The lowest BCUT2D eigenvalue weighted by Crippen LogP contribution is -2.21. The zero-order valence-electron chi connectivity index (χ0n) is 12.6. The number of rotatable bonds is 9. The molecule has 0 saturated carbocycles. The van der Waals surface area contributed by atoms with Crippen molar-refractivity contribution in [2.45, 2.75) is 71.9 Å². The third kappa shape index (κ3) is 6.41. The Kier molecular flexibility index (Phi) is 7.23. The van der Waals surface area contributed by atoms with E-state index in [1.807, 2.05) is 13.8 Å². The lowest BCUT2D eigenvalue weighted by atomic mass is 10.1. The fourth-order valence-electron chi connectivity index (χ4n) is 1.99. The summed E-state index contributed by atoms with van der Waals surface area (Å²) in [5.41, 5.74) is 0. The van der Waals surface area contributed by atoms with Crippen molar-refractivity contribution in [3.63, 3.8) is 0 Å². The molecular formula is C15H27N3O. The van der Waals surface area contributed by atoms with Crippen LogP contribution in [0.5, 0.6) is 5.88 Å². The van der Waals surface area contributed by atoms with Gasteiger partial charge in [0.05, 0.1) is 6.10 Å². The van der Waals surface area contributed by atoms with Gasteiger partial charge >= 0.3 is 0 Å². The first-order valence-electron chi connectivity index (χ1n) is 7.41. The minimum Gasteiger partial charge on any atom is -0.475 e. The van der Waals surface area contributed by atoms with Gasteiger partial charge in [-0.25, -0.2) is 4.98 Å². The van der Waals surface area contributed by atoms with Gasteiger partial charge < -0.3 is 10.1 Å². The summed E-state index contributed by atoms with van der Waals surface area (Å²) < 4.78 is 5.59. The van der Waals surface area contributed by atoms with E-state index in [0.717, 1.165) is 6.42 Å². The minimum atomic E-state index is 0.134. The molecule has 0 aliphatic heterocycles. The topological polar surface area (TPSA) is 47.0 Å². The van der Waals surface area contributed by atoms with Gasteiger partial charge in [0, 0.05) is 18.3 Å². The lowest BCUT2D eigenvalue weighted by molar-refractivity contribution is 0.232. The molecule has 0 radical (unpaired) electrons. The van der Waals surface area contributed by atoms with E-state index in [1.165, 1.54) is 25.7 Å². The highest BCUT2D eigenvalue weighted by molar-refractivity contribution is 5.28. The maximum Gasteiger partial charge on any atom is 0.226 e. The normalized spacial score (nSPS) is 12.5. The maximum absolute atomic E-state index is 5.59. The molecule has 1 atom stereocenters. The zero-order valence-corrected chi connectivity index (χ0v) is 12.6. The number of nitrogens with zero attached hydrogens (tertiary/aromatic N) is 2. The van der Waals surface area contributed by atoms with Crippen molar-refractivity contribution in [1.29, 1.82) is 0 Å². The summed E-state index contributed by atoms with van der Waals surface area (Å²) in [4.78, 5) is 8.67. The van der Waals surface area contributed by atoms with Gasteiger partial charge in [0.25, 0.3) is 0 Å². The standard InChI is InChI=1S/C15H27N3O/c1-5-7-9-13(8-6-2)17-15-16-11-10-14(18-15)19-12(3)4/h10-13H,5-9H2,1-4H3,(H,16,17,18). The first kappa shape index (κ1) is 15.7. The monoisotopic (exact) mass is 265 g/mol. The molecule has 0 saturated heterocycles. The number of anilines is 1. The van der Waals surface area contributed by atoms with Crippen molar-refractivity contribution in [3.05, 3.63) is 12.3 Å². The molecule has 1 unspecified atom stereocenters. The number of hydrogen-bond donors (Lipinski definition) is 1. The molecule has 0 bridgehead atoms. The first-order chi connectivity index (χ1) is 9.15. The number of hydrogen-bond acceptors (Lipinski definition) is 4. The molecule has 4 heteroatoms. The van der Waals surface area contributed by atoms with E-state index in [4.69, 9.17) is 4.74 Å². The van der Waals surface area contributed by atoms with E-state index >= 15 is 0 Å². The Morgan fingerprint density at radius 1 is 1.21 bits per heavy atom. The molecule has 0 aliphatic carbocycles. The van der Waals surface area contributed by atoms with Crippen molar-refractivity contribution in [2.75, 3.05) is 5.32 Å². The summed E-state index contributed by atoms with van der Waals surface area (Å²) in [5.74, 6) is 1.31. The summed E-state index contributed by atoms with van der Waals surface area (Å²) in [5, 5.41) is 3.43. The third-order valence-corrected chi connectivity index (χ3v) is 2.86. The van der Waals surface area contributed by atoms with Crippen LogP contribution >= 0.6 is 0 Å². The fraction of sp³-hybridized carbons (Fsp3) is 0.733. The van der Waals surface area contributed by atoms with Crippen LogP contribution in [0.1, 0.15) is 59.8 Å². The molecule has 0 amide bonds. The maximum atomic E-state index is 5.59. The van der Waals surface area contributed by atoms with Gasteiger partial charge in [-0.05, 0) is 26.7 Å². The Bertz CT molecular complexity index is 355. The Morgan fingerprint density at radius 2 is 2.00 bits per heavy atom. The van der Waals surface area contributed by atoms with Crippen LogP contribution in [0.3, 0.4) is 0 Å². The molecule has 1 heterocycles. The van der Waals surface area contributed by atoms with Crippen molar-refractivity contribution < 1.29 is 4.74 Å². The SMILES string of the molecule is CCCCC(CCC)Nc1nccc(OC(C)C)n1. The molecular weight excluding hydrogens is 238 g/mol. The first-order valence-corrected chi connectivity index (χ1v) is 7.41. The van der Waals surface area contributed by atoms with E-state index in [2.05, 4.69) is 29.1 Å². The Labute approximate surface area is 117 Å². The highest BCUT2D eigenvalue weighted by Crippen LogP contribution is 2.15. The number of ether oxygens (including phenoxy) is 1. The number of nitrogens with one attached hydrogen (secondary N) is 1.